The maximum atomic E-state index is 8.94. The fourth-order valence-corrected chi connectivity index (χ4v) is 1.49. The lowest BCUT2D eigenvalue weighted by Crippen LogP contribution is -2.11. The average Bonchev–Trinajstić information content (AvgIpc) is 2.76. The van der Waals surface area contributed by atoms with Gasteiger partial charge in [0, 0.05) is 18.9 Å². The largest absolute Gasteiger partial charge is 0.334 e. The van der Waals surface area contributed by atoms with Crippen LogP contribution in [-0.4, -0.2) is 9.55 Å². The minimum Gasteiger partial charge on any atom is -0.334 e. The fourth-order valence-electron chi connectivity index (χ4n) is 1.49. The molecule has 0 amide bonds. The lowest BCUT2D eigenvalue weighted by Gasteiger charge is -2.07. The number of nitriles is 1. The fraction of sp³-hybridized carbons (Fsp3) is 0.556. The van der Waals surface area contributed by atoms with E-state index < -0.39 is 0 Å². The van der Waals surface area contributed by atoms with Gasteiger partial charge in [0.05, 0.1) is 6.07 Å². The minimum absolute atomic E-state index is 0.237. The Kier molecular flexibility index (Phi) is 1.44. The second kappa shape index (κ2) is 2.34. The van der Waals surface area contributed by atoms with Gasteiger partial charge in [0.25, 0.3) is 0 Å². The molecule has 1 fully saturated rings. The van der Waals surface area contributed by atoms with Crippen molar-refractivity contribution in [3.8, 4) is 6.07 Å². The third kappa shape index (κ3) is 0.845. The van der Waals surface area contributed by atoms with Crippen LogP contribution in [-0.2, 0) is 12.0 Å². The van der Waals surface area contributed by atoms with Gasteiger partial charge in [-0.15, -0.1) is 0 Å². The van der Waals surface area contributed by atoms with Crippen LogP contribution < -0.4 is 0 Å². The van der Waals surface area contributed by atoms with Gasteiger partial charge in [-0.1, -0.05) is 0 Å². The molecule has 3 heteroatoms. The van der Waals surface area contributed by atoms with Gasteiger partial charge < -0.3 is 4.57 Å². The zero-order valence-electron chi connectivity index (χ0n) is 7.12. The Hall–Kier alpha value is -1.30. The van der Waals surface area contributed by atoms with E-state index in [4.69, 9.17) is 5.26 Å². The molecule has 1 aromatic rings. The monoisotopic (exact) mass is 161 g/mol. The van der Waals surface area contributed by atoms with Gasteiger partial charge in [-0.25, -0.2) is 4.98 Å². The standard InChI is InChI=1S/C9H11N3/c1-2-12-6-5-11-8(12)9(7-10)3-4-9/h5-6H,2-4H2,1H3. The van der Waals surface area contributed by atoms with Gasteiger partial charge in [0.2, 0.25) is 0 Å². The molecular weight excluding hydrogens is 150 g/mol. The third-order valence-corrected chi connectivity index (χ3v) is 2.45. The van der Waals surface area contributed by atoms with E-state index in [-0.39, 0.29) is 5.41 Å². The Morgan fingerprint density at radius 3 is 3.00 bits per heavy atom. The van der Waals surface area contributed by atoms with E-state index in [9.17, 15) is 0 Å². The summed E-state index contributed by atoms with van der Waals surface area (Å²) in [6, 6.07) is 2.35. The molecule has 1 heterocycles. The van der Waals surface area contributed by atoms with E-state index in [0.29, 0.717) is 0 Å². The van der Waals surface area contributed by atoms with Crippen LogP contribution in [0, 0.1) is 11.3 Å². The predicted octanol–water partition coefficient (Wildman–Crippen LogP) is 1.46. The van der Waals surface area contributed by atoms with Crippen molar-refractivity contribution < 1.29 is 0 Å². The van der Waals surface area contributed by atoms with E-state index in [2.05, 4.69) is 22.5 Å². The molecule has 0 bridgehead atoms. The molecule has 0 atom stereocenters. The molecule has 2 rings (SSSR count). The van der Waals surface area contributed by atoms with Crippen molar-refractivity contribution in [2.45, 2.75) is 31.7 Å². The summed E-state index contributed by atoms with van der Waals surface area (Å²) >= 11 is 0. The van der Waals surface area contributed by atoms with E-state index >= 15 is 0 Å². The number of aryl methyl sites for hydroxylation is 1. The second-order valence-corrected chi connectivity index (χ2v) is 3.23. The van der Waals surface area contributed by atoms with Gasteiger partial charge >= 0.3 is 0 Å². The first-order valence-electron chi connectivity index (χ1n) is 4.25. The quantitative estimate of drug-likeness (QED) is 0.658. The summed E-state index contributed by atoms with van der Waals surface area (Å²) in [5.41, 5.74) is -0.237. The number of nitrogens with zero attached hydrogens (tertiary/aromatic N) is 3. The minimum atomic E-state index is -0.237. The highest BCUT2D eigenvalue weighted by atomic mass is 15.1. The summed E-state index contributed by atoms with van der Waals surface area (Å²) < 4.78 is 2.05. The Balaban J connectivity index is 2.41. The van der Waals surface area contributed by atoms with Gasteiger partial charge in [-0.3, -0.25) is 0 Å². The average molecular weight is 161 g/mol. The summed E-state index contributed by atoms with van der Waals surface area (Å²) in [5, 5.41) is 8.94. The summed E-state index contributed by atoms with van der Waals surface area (Å²) in [6.45, 7) is 2.97. The SMILES string of the molecule is CCn1ccnc1C1(C#N)CC1. The van der Waals surface area contributed by atoms with Crippen molar-refractivity contribution in [2.24, 2.45) is 0 Å². The molecule has 12 heavy (non-hydrogen) atoms. The Bertz CT molecular complexity index is 328. The molecule has 1 saturated carbocycles. The van der Waals surface area contributed by atoms with Crippen molar-refractivity contribution in [1.29, 1.82) is 5.26 Å². The maximum Gasteiger partial charge on any atom is 0.129 e. The number of hydrogen-bond acceptors (Lipinski definition) is 2. The first kappa shape index (κ1) is 7.35. The van der Waals surface area contributed by atoms with Crippen LogP contribution in [0.2, 0.25) is 0 Å². The molecule has 1 aliphatic rings. The summed E-state index contributed by atoms with van der Waals surface area (Å²) in [4.78, 5) is 4.23. The van der Waals surface area contributed by atoms with E-state index in [1.54, 1.807) is 6.20 Å². The highest BCUT2D eigenvalue weighted by Crippen LogP contribution is 2.46. The summed E-state index contributed by atoms with van der Waals surface area (Å²) in [7, 11) is 0. The Morgan fingerprint density at radius 1 is 1.75 bits per heavy atom. The normalized spacial score (nSPS) is 18.7. The highest BCUT2D eigenvalue weighted by molar-refractivity contribution is 5.30. The molecule has 0 aromatic carbocycles. The first-order chi connectivity index (χ1) is 5.82. The van der Waals surface area contributed by atoms with Crippen LogP contribution in [0.25, 0.3) is 0 Å². The molecule has 62 valence electrons. The first-order valence-corrected chi connectivity index (χ1v) is 4.25. The topological polar surface area (TPSA) is 41.6 Å². The van der Waals surface area contributed by atoms with Crippen molar-refractivity contribution in [1.82, 2.24) is 9.55 Å². The van der Waals surface area contributed by atoms with Crippen LogP contribution >= 0.6 is 0 Å². The number of hydrogen-bond donors (Lipinski definition) is 0. The van der Waals surface area contributed by atoms with Crippen LogP contribution in [0.1, 0.15) is 25.6 Å². The molecule has 0 saturated heterocycles. The summed E-state index contributed by atoms with van der Waals surface area (Å²) in [5.74, 6) is 0.951. The molecular formula is C9H11N3. The smallest absolute Gasteiger partial charge is 0.129 e. The molecule has 1 aromatic heterocycles. The molecule has 0 N–H and O–H groups in total. The predicted molar refractivity (Wildman–Crippen MR) is 44.4 cm³/mol. The zero-order chi connectivity index (χ0) is 8.60. The molecule has 0 aliphatic heterocycles. The van der Waals surface area contributed by atoms with Gasteiger partial charge in [-0.2, -0.15) is 5.26 Å². The van der Waals surface area contributed by atoms with Gasteiger partial charge in [0.1, 0.15) is 11.2 Å². The van der Waals surface area contributed by atoms with Crippen molar-refractivity contribution in [3.05, 3.63) is 18.2 Å². The number of aromatic nitrogens is 2. The molecule has 0 spiro atoms. The van der Waals surface area contributed by atoms with Crippen LogP contribution in [0.5, 0.6) is 0 Å². The van der Waals surface area contributed by atoms with Crippen molar-refractivity contribution >= 4 is 0 Å². The van der Waals surface area contributed by atoms with E-state index in [1.807, 2.05) is 6.20 Å². The van der Waals surface area contributed by atoms with E-state index in [0.717, 1.165) is 25.2 Å². The van der Waals surface area contributed by atoms with E-state index in [1.165, 1.54) is 0 Å². The second-order valence-electron chi connectivity index (χ2n) is 3.23. The molecule has 0 radical (unpaired) electrons. The molecule has 1 aliphatic carbocycles. The summed E-state index contributed by atoms with van der Waals surface area (Å²) in [6.07, 6.45) is 5.66. The van der Waals surface area contributed by atoms with Crippen LogP contribution in [0.3, 0.4) is 0 Å². The van der Waals surface area contributed by atoms with Crippen LogP contribution in [0.4, 0.5) is 0 Å². The zero-order valence-corrected chi connectivity index (χ0v) is 7.12. The molecule has 3 nitrogen and oxygen atoms in total. The third-order valence-electron chi connectivity index (χ3n) is 2.45. The highest BCUT2D eigenvalue weighted by Gasteiger charge is 2.48. The van der Waals surface area contributed by atoms with Gasteiger partial charge in [0.15, 0.2) is 0 Å². The molecule has 0 unspecified atom stereocenters. The maximum absolute atomic E-state index is 8.94. The lowest BCUT2D eigenvalue weighted by atomic mass is 10.1. The lowest BCUT2D eigenvalue weighted by molar-refractivity contribution is 0.658. The van der Waals surface area contributed by atoms with Crippen LogP contribution in [0.15, 0.2) is 12.4 Å². The number of imidazole rings is 1. The Morgan fingerprint density at radius 2 is 2.50 bits per heavy atom. The van der Waals surface area contributed by atoms with Crippen molar-refractivity contribution in [2.75, 3.05) is 0 Å². The van der Waals surface area contributed by atoms with Crippen molar-refractivity contribution in [3.63, 3.8) is 0 Å². The van der Waals surface area contributed by atoms with Gasteiger partial charge in [-0.05, 0) is 19.8 Å². The Labute approximate surface area is 71.6 Å². The number of rotatable bonds is 2.